The lowest BCUT2D eigenvalue weighted by Gasteiger charge is -2.31. The van der Waals surface area contributed by atoms with Crippen molar-refractivity contribution in [2.45, 2.75) is 32.6 Å². The zero-order valence-electron chi connectivity index (χ0n) is 10.6. The zero-order valence-corrected chi connectivity index (χ0v) is 10.6. The second-order valence-corrected chi connectivity index (χ2v) is 4.32. The molecule has 1 amide bonds. The molecule has 1 rings (SSSR count). The number of rotatable bonds is 5. The second-order valence-electron chi connectivity index (χ2n) is 4.32. The second kappa shape index (κ2) is 6.98. The number of aliphatic carboxylic acids is 1. The van der Waals surface area contributed by atoms with Gasteiger partial charge in [-0.05, 0) is 19.8 Å². The summed E-state index contributed by atoms with van der Waals surface area (Å²) in [4.78, 5) is 35.3. The first kappa shape index (κ1) is 14.5. The molecule has 1 aliphatic heterocycles. The number of esters is 1. The third kappa shape index (κ3) is 4.35. The Labute approximate surface area is 106 Å². The van der Waals surface area contributed by atoms with Crippen molar-refractivity contribution >= 4 is 17.8 Å². The van der Waals surface area contributed by atoms with Crippen molar-refractivity contribution in [3.8, 4) is 0 Å². The molecule has 1 aliphatic rings. The van der Waals surface area contributed by atoms with E-state index in [0.29, 0.717) is 19.7 Å². The molecule has 1 fully saturated rings. The number of carbonyl (C=O) groups is 3. The summed E-state index contributed by atoms with van der Waals surface area (Å²) in [5.41, 5.74) is 0. The number of likely N-dealkylation sites (tertiary alicyclic amines) is 1. The molecule has 6 heteroatoms. The van der Waals surface area contributed by atoms with Crippen LogP contribution in [0, 0.1) is 5.92 Å². The largest absolute Gasteiger partial charge is 0.481 e. The molecule has 102 valence electrons. The molecule has 0 bridgehead atoms. The van der Waals surface area contributed by atoms with Crippen LogP contribution in [0.5, 0.6) is 0 Å². The quantitative estimate of drug-likeness (QED) is 0.731. The van der Waals surface area contributed by atoms with Gasteiger partial charge in [0.05, 0.1) is 18.9 Å². The van der Waals surface area contributed by atoms with Crippen molar-refractivity contribution in [1.29, 1.82) is 0 Å². The molecule has 1 saturated heterocycles. The van der Waals surface area contributed by atoms with Gasteiger partial charge in [0.25, 0.3) is 0 Å². The molecule has 0 aromatic carbocycles. The Morgan fingerprint density at radius 2 is 2.06 bits per heavy atom. The van der Waals surface area contributed by atoms with Gasteiger partial charge in [-0.15, -0.1) is 0 Å². The zero-order chi connectivity index (χ0) is 13.5. The summed E-state index contributed by atoms with van der Waals surface area (Å²) in [6.45, 7) is 3.02. The van der Waals surface area contributed by atoms with Crippen molar-refractivity contribution in [3.05, 3.63) is 0 Å². The van der Waals surface area contributed by atoms with Gasteiger partial charge in [0.15, 0.2) is 0 Å². The highest BCUT2D eigenvalue weighted by Gasteiger charge is 2.29. The van der Waals surface area contributed by atoms with Crippen LogP contribution in [0.2, 0.25) is 0 Å². The Hall–Kier alpha value is -1.59. The highest BCUT2D eigenvalue weighted by atomic mass is 16.5. The van der Waals surface area contributed by atoms with Crippen LogP contribution in [0.25, 0.3) is 0 Å². The predicted octanol–water partition coefficient (Wildman–Crippen LogP) is 0.653. The van der Waals surface area contributed by atoms with E-state index in [2.05, 4.69) is 0 Å². The summed E-state index contributed by atoms with van der Waals surface area (Å²) in [5.74, 6) is -1.73. The summed E-state index contributed by atoms with van der Waals surface area (Å²) in [6.07, 6.45) is 1.30. The van der Waals surface area contributed by atoms with Crippen molar-refractivity contribution in [2.75, 3.05) is 19.7 Å². The summed E-state index contributed by atoms with van der Waals surface area (Å²) in [6, 6.07) is 0. The lowest BCUT2D eigenvalue weighted by Crippen LogP contribution is -2.42. The Morgan fingerprint density at radius 1 is 1.33 bits per heavy atom. The molecule has 0 radical (unpaired) electrons. The number of hydrogen-bond donors (Lipinski definition) is 1. The molecule has 0 aliphatic carbocycles. The number of piperidine rings is 1. The van der Waals surface area contributed by atoms with Crippen molar-refractivity contribution in [2.24, 2.45) is 5.92 Å². The minimum atomic E-state index is -0.984. The number of nitrogens with zero attached hydrogens (tertiary/aromatic N) is 1. The molecule has 0 aromatic heterocycles. The average molecular weight is 257 g/mol. The number of carboxylic acids is 1. The van der Waals surface area contributed by atoms with Gasteiger partial charge in [-0.2, -0.15) is 0 Å². The van der Waals surface area contributed by atoms with Crippen LogP contribution < -0.4 is 0 Å². The summed E-state index contributed by atoms with van der Waals surface area (Å²) >= 11 is 0. The first-order chi connectivity index (χ1) is 8.54. The van der Waals surface area contributed by atoms with Gasteiger partial charge in [0, 0.05) is 19.5 Å². The van der Waals surface area contributed by atoms with Gasteiger partial charge >= 0.3 is 11.9 Å². The van der Waals surface area contributed by atoms with E-state index in [0.717, 1.165) is 12.8 Å². The van der Waals surface area contributed by atoms with Gasteiger partial charge < -0.3 is 14.7 Å². The van der Waals surface area contributed by atoms with Crippen molar-refractivity contribution in [3.63, 3.8) is 0 Å². The Balaban J connectivity index is 2.45. The third-order valence-electron chi connectivity index (χ3n) is 2.95. The molecular formula is C12H19NO5. The van der Waals surface area contributed by atoms with E-state index in [1.165, 1.54) is 0 Å². The first-order valence-electron chi connectivity index (χ1n) is 6.20. The van der Waals surface area contributed by atoms with E-state index < -0.39 is 5.97 Å². The molecule has 1 N–H and O–H groups in total. The van der Waals surface area contributed by atoms with Crippen LogP contribution in [0.1, 0.15) is 32.6 Å². The maximum absolute atomic E-state index is 11.7. The SMILES string of the molecule is CCOC(=O)C1CCCN(C(=O)CCC(=O)O)C1. The van der Waals surface area contributed by atoms with Gasteiger partial charge in [-0.25, -0.2) is 0 Å². The van der Waals surface area contributed by atoms with Crippen LogP contribution >= 0.6 is 0 Å². The monoisotopic (exact) mass is 257 g/mol. The molecule has 0 spiro atoms. The highest BCUT2D eigenvalue weighted by molar-refractivity contribution is 5.81. The fourth-order valence-corrected chi connectivity index (χ4v) is 2.03. The molecule has 18 heavy (non-hydrogen) atoms. The van der Waals surface area contributed by atoms with Crippen LogP contribution in [0.15, 0.2) is 0 Å². The highest BCUT2D eigenvalue weighted by Crippen LogP contribution is 2.18. The molecule has 6 nitrogen and oxygen atoms in total. The molecule has 0 saturated carbocycles. The lowest BCUT2D eigenvalue weighted by atomic mass is 9.98. The standard InChI is InChI=1S/C12H19NO5/c1-2-18-12(17)9-4-3-7-13(8-9)10(14)5-6-11(15)16/h9H,2-8H2,1H3,(H,15,16). The van der Waals surface area contributed by atoms with Gasteiger partial charge in [-0.1, -0.05) is 0 Å². The van der Waals surface area contributed by atoms with Crippen molar-refractivity contribution < 1.29 is 24.2 Å². The number of ether oxygens (including phenoxy) is 1. The fraction of sp³-hybridized carbons (Fsp3) is 0.750. The summed E-state index contributed by atoms with van der Waals surface area (Å²) < 4.78 is 4.94. The molecule has 1 unspecified atom stereocenters. The van der Waals surface area contributed by atoms with Gasteiger partial charge in [-0.3, -0.25) is 14.4 Å². The Bertz CT molecular complexity index is 328. The van der Waals surface area contributed by atoms with Crippen LogP contribution in [-0.4, -0.2) is 47.5 Å². The third-order valence-corrected chi connectivity index (χ3v) is 2.95. The maximum atomic E-state index is 11.7. The van der Waals surface area contributed by atoms with Crippen molar-refractivity contribution in [1.82, 2.24) is 4.90 Å². The molecule has 1 atom stereocenters. The van der Waals surface area contributed by atoms with Gasteiger partial charge in [0.1, 0.15) is 0 Å². The van der Waals surface area contributed by atoms with E-state index >= 15 is 0 Å². The number of carbonyl (C=O) groups excluding carboxylic acids is 2. The normalized spacial score (nSPS) is 19.4. The maximum Gasteiger partial charge on any atom is 0.310 e. The smallest absolute Gasteiger partial charge is 0.310 e. The van der Waals surface area contributed by atoms with E-state index in [1.807, 2.05) is 0 Å². The summed E-state index contributed by atoms with van der Waals surface area (Å²) in [7, 11) is 0. The first-order valence-corrected chi connectivity index (χ1v) is 6.20. The van der Waals surface area contributed by atoms with Crippen LogP contribution in [-0.2, 0) is 19.1 Å². The van der Waals surface area contributed by atoms with E-state index in [9.17, 15) is 14.4 Å². The minimum Gasteiger partial charge on any atom is -0.481 e. The van der Waals surface area contributed by atoms with Gasteiger partial charge in [0.2, 0.25) is 5.91 Å². The van der Waals surface area contributed by atoms with E-state index in [4.69, 9.17) is 9.84 Å². The Morgan fingerprint density at radius 3 is 2.67 bits per heavy atom. The number of hydrogen-bond acceptors (Lipinski definition) is 4. The predicted molar refractivity (Wildman–Crippen MR) is 62.8 cm³/mol. The number of carboxylic acid groups (broad SMARTS) is 1. The van der Waals surface area contributed by atoms with Crippen LogP contribution in [0.4, 0.5) is 0 Å². The molecule has 0 aromatic rings. The molecule has 1 heterocycles. The topological polar surface area (TPSA) is 83.9 Å². The Kier molecular flexibility index (Phi) is 5.61. The molecular weight excluding hydrogens is 238 g/mol. The minimum absolute atomic E-state index is 0.00905. The van der Waals surface area contributed by atoms with E-state index in [1.54, 1.807) is 11.8 Å². The average Bonchev–Trinajstić information content (AvgIpc) is 2.36. The fourth-order valence-electron chi connectivity index (χ4n) is 2.03. The lowest BCUT2D eigenvalue weighted by molar-refractivity contribution is -0.152. The summed E-state index contributed by atoms with van der Waals surface area (Å²) in [5, 5.41) is 8.53. The number of amides is 1. The van der Waals surface area contributed by atoms with Crippen LogP contribution in [0.3, 0.4) is 0 Å². The van der Waals surface area contributed by atoms with E-state index in [-0.39, 0.29) is 30.6 Å².